The summed E-state index contributed by atoms with van der Waals surface area (Å²) in [4.78, 5) is 29.5. The molecule has 4 heteroatoms. The molecule has 0 aliphatic heterocycles. The van der Waals surface area contributed by atoms with Crippen molar-refractivity contribution in [2.75, 3.05) is 0 Å². The van der Waals surface area contributed by atoms with Crippen LogP contribution in [0.25, 0.3) is 0 Å². The van der Waals surface area contributed by atoms with Crippen LogP contribution in [0.3, 0.4) is 0 Å². The lowest BCUT2D eigenvalue weighted by Gasteiger charge is -2.47. The summed E-state index contributed by atoms with van der Waals surface area (Å²) >= 11 is 0. The number of carbonyl (C=O) groups is 2. The molecule has 0 heterocycles. The standard InChI is InChI=1S/C48H60O4/c1-31-22-24-38(46(5,6)34-17-11-9-12-18-34)40(28-31)51-43(49)37-26-27-48(42-33(30-45(48,3)4)16-15-21-36(37)42)44(50)52-41-29-32(2)23-25-39(41)47(7,8)35-19-13-10-14-20-35/h9-21,26-27,31-32,37-41H,22-25,28-30H2,1-8H3/t31-,32-,37-,38-,39-,40-,41-,48+/m1/s1. The Kier molecular flexibility index (Phi) is 9.62. The molecule has 52 heavy (non-hydrogen) atoms. The van der Waals surface area contributed by atoms with Crippen LogP contribution in [0.5, 0.6) is 0 Å². The maximum absolute atomic E-state index is 15.1. The summed E-state index contributed by atoms with van der Waals surface area (Å²) in [5.41, 5.74) is 3.86. The summed E-state index contributed by atoms with van der Waals surface area (Å²) < 4.78 is 13.5. The van der Waals surface area contributed by atoms with Gasteiger partial charge in [-0.15, -0.1) is 0 Å². The fourth-order valence-corrected chi connectivity index (χ4v) is 11.0. The van der Waals surface area contributed by atoms with Crippen molar-refractivity contribution in [3.8, 4) is 0 Å². The van der Waals surface area contributed by atoms with Crippen molar-refractivity contribution >= 4 is 11.9 Å². The van der Waals surface area contributed by atoms with Gasteiger partial charge in [0.15, 0.2) is 0 Å². The van der Waals surface area contributed by atoms with Crippen molar-refractivity contribution in [3.63, 3.8) is 0 Å². The first kappa shape index (κ1) is 36.7. The van der Waals surface area contributed by atoms with E-state index in [1.54, 1.807) is 0 Å². The molecule has 0 aromatic heterocycles. The van der Waals surface area contributed by atoms with Crippen LogP contribution in [0.1, 0.15) is 128 Å². The normalized spacial score (nSPS) is 31.0. The maximum atomic E-state index is 15.1. The summed E-state index contributed by atoms with van der Waals surface area (Å²) in [7, 11) is 0. The second-order valence-electron chi connectivity index (χ2n) is 18.7. The second kappa shape index (κ2) is 13.6. The van der Waals surface area contributed by atoms with Crippen molar-refractivity contribution in [1.82, 2.24) is 0 Å². The zero-order chi connectivity index (χ0) is 37.1. The van der Waals surface area contributed by atoms with Crippen LogP contribution in [0, 0.1) is 29.1 Å². The first-order chi connectivity index (χ1) is 24.7. The van der Waals surface area contributed by atoms with Crippen LogP contribution in [-0.4, -0.2) is 24.1 Å². The van der Waals surface area contributed by atoms with Gasteiger partial charge >= 0.3 is 11.9 Å². The zero-order valence-corrected chi connectivity index (χ0v) is 32.8. The number of ether oxygens (including phenoxy) is 2. The van der Waals surface area contributed by atoms with Crippen LogP contribution < -0.4 is 0 Å². The third-order valence-corrected chi connectivity index (χ3v) is 14.3. The van der Waals surface area contributed by atoms with Crippen LogP contribution in [0.2, 0.25) is 0 Å². The Morgan fingerprint density at radius 2 is 1.19 bits per heavy atom. The summed E-state index contributed by atoms with van der Waals surface area (Å²) in [6, 6.07) is 27.6. The van der Waals surface area contributed by atoms with Crippen LogP contribution in [-0.2, 0) is 41.7 Å². The highest BCUT2D eigenvalue weighted by molar-refractivity contribution is 5.93. The van der Waals surface area contributed by atoms with Gasteiger partial charge in [-0.25, -0.2) is 0 Å². The minimum absolute atomic E-state index is 0.144. The molecule has 4 aliphatic rings. The molecule has 4 aliphatic carbocycles. The van der Waals surface area contributed by atoms with Crippen molar-refractivity contribution in [3.05, 3.63) is 119 Å². The molecule has 2 saturated carbocycles. The van der Waals surface area contributed by atoms with E-state index < -0.39 is 16.7 Å². The largest absolute Gasteiger partial charge is 0.461 e. The van der Waals surface area contributed by atoms with Gasteiger partial charge in [0.05, 0.1) is 0 Å². The average Bonchev–Trinajstić information content (AvgIpc) is 3.36. The molecule has 0 saturated heterocycles. The van der Waals surface area contributed by atoms with E-state index in [4.69, 9.17) is 9.47 Å². The summed E-state index contributed by atoms with van der Waals surface area (Å²) in [5.74, 6) is 0.430. The van der Waals surface area contributed by atoms with E-state index in [0.29, 0.717) is 11.8 Å². The van der Waals surface area contributed by atoms with Crippen molar-refractivity contribution in [2.24, 2.45) is 29.1 Å². The molecule has 4 nitrogen and oxygen atoms in total. The molecule has 0 amide bonds. The van der Waals surface area contributed by atoms with Gasteiger partial charge in [-0.3, -0.25) is 9.59 Å². The van der Waals surface area contributed by atoms with E-state index in [0.717, 1.165) is 61.6 Å². The van der Waals surface area contributed by atoms with E-state index >= 15 is 4.79 Å². The molecule has 0 bridgehead atoms. The monoisotopic (exact) mass is 700 g/mol. The molecule has 8 atom stereocenters. The predicted molar refractivity (Wildman–Crippen MR) is 209 cm³/mol. The Morgan fingerprint density at radius 3 is 1.73 bits per heavy atom. The average molecular weight is 701 g/mol. The summed E-state index contributed by atoms with van der Waals surface area (Å²) in [6.07, 6.45) is 10.4. The van der Waals surface area contributed by atoms with Crippen LogP contribution in [0.4, 0.5) is 0 Å². The van der Waals surface area contributed by atoms with Gasteiger partial charge in [-0.2, -0.15) is 0 Å². The number of hydrogen-bond donors (Lipinski definition) is 0. The highest BCUT2D eigenvalue weighted by Crippen LogP contribution is 2.58. The highest BCUT2D eigenvalue weighted by Gasteiger charge is 2.61. The predicted octanol–water partition coefficient (Wildman–Crippen LogP) is 10.8. The molecule has 3 aromatic carbocycles. The molecule has 0 spiro atoms. The van der Waals surface area contributed by atoms with E-state index in [1.807, 2.05) is 12.2 Å². The fourth-order valence-electron chi connectivity index (χ4n) is 11.0. The SMILES string of the molecule is C[C@@H]1CC[C@@H](C(C)(C)c2ccccc2)[C@H](OC(=O)[C@@H]2C=C[C@@]3(C(=O)O[C@@H]4C[C@H](C)CC[C@H]4C(C)(C)c4ccccc4)c4c(cccc42)CC3(C)C)C1. The lowest BCUT2D eigenvalue weighted by Crippen LogP contribution is -2.51. The smallest absolute Gasteiger partial charge is 0.321 e. The van der Waals surface area contributed by atoms with Gasteiger partial charge in [-0.1, -0.05) is 159 Å². The molecule has 2 fully saturated rings. The van der Waals surface area contributed by atoms with Gasteiger partial charge < -0.3 is 9.47 Å². The van der Waals surface area contributed by atoms with E-state index in [2.05, 4.69) is 134 Å². The van der Waals surface area contributed by atoms with Crippen molar-refractivity contribution in [1.29, 1.82) is 0 Å². The van der Waals surface area contributed by atoms with Gasteiger partial charge in [0, 0.05) is 11.8 Å². The minimum Gasteiger partial charge on any atom is -0.461 e. The molecule has 0 N–H and O–H groups in total. The third-order valence-electron chi connectivity index (χ3n) is 14.3. The number of rotatable bonds is 8. The summed E-state index contributed by atoms with van der Waals surface area (Å²) in [5, 5.41) is 0. The quantitative estimate of drug-likeness (QED) is 0.173. The third kappa shape index (κ3) is 6.16. The minimum atomic E-state index is -0.977. The first-order valence-corrected chi connectivity index (χ1v) is 20.0. The molecule has 0 radical (unpaired) electrons. The molecule has 3 aromatic rings. The Labute approximate surface area is 312 Å². The van der Waals surface area contributed by atoms with E-state index in [-0.39, 0.29) is 46.8 Å². The second-order valence-corrected chi connectivity index (χ2v) is 18.7. The van der Waals surface area contributed by atoms with E-state index in [9.17, 15) is 4.79 Å². The fraction of sp³-hybridized carbons (Fsp3) is 0.542. The lowest BCUT2D eigenvalue weighted by atomic mass is 9.61. The zero-order valence-electron chi connectivity index (χ0n) is 32.8. The number of esters is 2. The van der Waals surface area contributed by atoms with Gasteiger partial charge in [0.2, 0.25) is 0 Å². The Hall–Kier alpha value is -3.66. The van der Waals surface area contributed by atoms with Gasteiger partial charge in [0.1, 0.15) is 23.5 Å². The molecule has 7 rings (SSSR count). The topological polar surface area (TPSA) is 52.6 Å². The van der Waals surface area contributed by atoms with Gasteiger partial charge in [0.25, 0.3) is 0 Å². The molecule has 0 unspecified atom stereocenters. The van der Waals surface area contributed by atoms with Crippen LogP contribution in [0.15, 0.2) is 91.0 Å². The Morgan fingerprint density at radius 1 is 0.673 bits per heavy atom. The Balaban J connectivity index is 1.19. The molecular weight excluding hydrogens is 641 g/mol. The first-order valence-electron chi connectivity index (χ1n) is 20.0. The van der Waals surface area contributed by atoms with E-state index in [1.165, 1.54) is 11.1 Å². The lowest BCUT2D eigenvalue weighted by molar-refractivity contribution is -0.166. The Bertz CT molecular complexity index is 1800. The van der Waals surface area contributed by atoms with Crippen molar-refractivity contribution < 1.29 is 19.1 Å². The summed E-state index contributed by atoms with van der Waals surface area (Å²) in [6.45, 7) is 18.2. The highest BCUT2D eigenvalue weighted by atomic mass is 16.5. The number of benzene rings is 3. The maximum Gasteiger partial charge on any atom is 0.321 e. The number of hydrogen-bond acceptors (Lipinski definition) is 4. The molecular formula is C48H60O4. The van der Waals surface area contributed by atoms with Crippen molar-refractivity contribution in [2.45, 2.75) is 135 Å². The van der Waals surface area contributed by atoms with Gasteiger partial charge in [-0.05, 0) is 88.0 Å². The number of carbonyl (C=O) groups excluding carboxylic acids is 2. The van der Waals surface area contributed by atoms with Crippen LogP contribution >= 0.6 is 0 Å². The molecule has 276 valence electrons.